The number of methoxy groups -OCH3 is 1. The first kappa shape index (κ1) is 21.3. The third kappa shape index (κ3) is 5.13. The van der Waals surface area contributed by atoms with Gasteiger partial charge in [0, 0.05) is 38.6 Å². The third-order valence-electron chi connectivity index (χ3n) is 4.95. The van der Waals surface area contributed by atoms with E-state index in [1.165, 1.54) is 18.2 Å². The van der Waals surface area contributed by atoms with Gasteiger partial charge in [0.1, 0.15) is 18.1 Å². The van der Waals surface area contributed by atoms with Gasteiger partial charge in [0.2, 0.25) is 15.9 Å². The van der Waals surface area contributed by atoms with Crippen LogP contribution in [0.5, 0.6) is 0 Å². The van der Waals surface area contributed by atoms with E-state index >= 15 is 0 Å². The second kappa shape index (κ2) is 8.50. The van der Waals surface area contributed by atoms with Crippen molar-refractivity contribution in [3.63, 3.8) is 0 Å². The molecule has 2 heterocycles. The number of likely N-dealkylation sites (tertiary alicyclic amines) is 1. The van der Waals surface area contributed by atoms with Crippen LogP contribution in [0.15, 0.2) is 34.9 Å². The molecule has 1 aliphatic heterocycles. The van der Waals surface area contributed by atoms with E-state index in [1.807, 2.05) is 13.0 Å². The highest BCUT2D eigenvalue weighted by Gasteiger charge is 2.37. The van der Waals surface area contributed by atoms with Crippen molar-refractivity contribution >= 4 is 21.6 Å². The molecular weight excluding hydrogens is 401 g/mol. The summed E-state index contributed by atoms with van der Waals surface area (Å²) < 4.78 is 49.7. The average Bonchev–Trinajstić information content (AvgIpc) is 3.24. The van der Waals surface area contributed by atoms with E-state index in [4.69, 9.17) is 9.26 Å². The maximum atomic E-state index is 13.6. The molecule has 2 aromatic rings. The van der Waals surface area contributed by atoms with Crippen molar-refractivity contribution < 1.29 is 26.9 Å². The lowest BCUT2D eigenvalue weighted by molar-refractivity contribution is -0.129. The van der Waals surface area contributed by atoms with Crippen LogP contribution in [0, 0.1) is 18.7 Å². The number of rotatable bonds is 7. The molecule has 1 aromatic carbocycles. The first-order chi connectivity index (χ1) is 13.7. The molecule has 0 aliphatic carbocycles. The summed E-state index contributed by atoms with van der Waals surface area (Å²) in [6.07, 6.45) is 1.34. The number of carbonyl (C=O) groups is 1. The highest BCUT2D eigenvalue weighted by Crippen LogP contribution is 2.25. The Morgan fingerprint density at radius 1 is 1.38 bits per heavy atom. The van der Waals surface area contributed by atoms with E-state index in [-0.39, 0.29) is 23.6 Å². The van der Waals surface area contributed by atoms with E-state index in [2.05, 4.69) is 5.16 Å². The minimum atomic E-state index is -3.77. The number of hydrogen-bond donors (Lipinski definition) is 0. The molecule has 1 aliphatic rings. The van der Waals surface area contributed by atoms with Gasteiger partial charge in [0.25, 0.3) is 0 Å². The number of aromatic nitrogens is 1. The lowest BCUT2D eigenvalue weighted by Gasteiger charge is -2.25. The third-order valence-corrected chi connectivity index (χ3v) is 6.09. The quantitative estimate of drug-likeness (QED) is 0.669. The van der Waals surface area contributed by atoms with Crippen molar-refractivity contribution in [2.45, 2.75) is 19.4 Å². The van der Waals surface area contributed by atoms with Crippen LogP contribution >= 0.6 is 0 Å². The summed E-state index contributed by atoms with van der Waals surface area (Å²) in [5.41, 5.74) is 0.885. The van der Waals surface area contributed by atoms with Crippen LogP contribution in [-0.2, 0) is 26.0 Å². The fraction of sp³-hybridized carbons (Fsp3) is 0.474. The minimum Gasteiger partial charge on any atom is -0.379 e. The van der Waals surface area contributed by atoms with Crippen LogP contribution in [0.3, 0.4) is 0 Å². The summed E-state index contributed by atoms with van der Waals surface area (Å²) in [6.45, 7) is 2.16. The van der Waals surface area contributed by atoms with E-state index in [0.717, 1.165) is 22.3 Å². The fourth-order valence-electron chi connectivity index (χ4n) is 3.53. The first-order valence-electron chi connectivity index (χ1n) is 9.13. The average molecular weight is 425 g/mol. The van der Waals surface area contributed by atoms with Gasteiger partial charge in [-0.3, -0.25) is 9.10 Å². The van der Waals surface area contributed by atoms with Crippen LogP contribution in [0.25, 0.3) is 0 Å². The van der Waals surface area contributed by atoms with Crippen LogP contribution in [-0.4, -0.2) is 63.5 Å². The van der Waals surface area contributed by atoms with Gasteiger partial charge in [-0.2, -0.15) is 0 Å². The van der Waals surface area contributed by atoms with E-state index in [0.29, 0.717) is 25.3 Å². The molecule has 2 atom stereocenters. The molecule has 0 radical (unpaired) electrons. The SMILES string of the molecule is CO[C@H]1CN(C(=O)CN(c2cccc(F)c2)S(C)(=O)=O)C[C@H]1Cc1cc(C)no1. The zero-order valence-corrected chi connectivity index (χ0v) is 17.4. The van der Waals surface area contributed by atoms with Crippen molar-refractivity contribution in [3.05, 3.63) is 47.6 Å². The molecular formula is C19H24FN3O5S. The standard InChI is InChI=1S/C19H24FN3O5S/c1-13-7-17(28-21-13)8-14-10-22(11-18(14)27-2)19(24)12-23(29(3,25)26)16-6-4-5-15(20)9-16/h4-7,9,14,18H,8,10-12H2,1-3H3/t14-,18+/m1/s1. The molecule has 10 heteroatoms. The Bertz CT molecular complexity index is 978. The molecule has 0 unspecified atom stereocenters. The van der Waals surface area contributed by atoms with Crippen molar-refractivity contribution in [1.82, 2.24) is 10.1 Å². The lowest BCUT2D eigenvalue weighted by Crippen LogP contribution is -2.42. The molecule has 0 bridgehead atoms. The monoisotopic (exact) mass is 425 g/mol. The largest absolute Gasteiger partial charge is 0.379 e. The Labute approximate surface area is 169 Å². The molecule has 0 spiro atoms. The maximum Gasteiger partial charge on any atom is 0.243 e. The number of hydrogen-bond acceptors (Lipinski definition) is 6. The Hall–Kier alpha value is -2.46. The fourth-order valence-corrected chi connectivity index (χ4v) is 4.37. The Kier molecular flexibility index (Phi) is 6.23. The van der Waals surface area contributed by atoms with Gasteiger partial charge in [-0.25, -0.2) is 12.8 Å². The normalized spacial score (nSPS) is 19.5. The van der Waals surface area contributed by atoms with Crippen LogP contribution in [0.1, 0.15) is 11.5 Å². The van der Waals surface area contributed by atoms with Gasteiger partial charge in [0.15, 0.2) is 0 Å². The molecule has 158 valence electrons. The second-order valence-corrected chi connectivity index (χ2v) is 9.13. The zero-order valence-electron chi connectivity index (χ0n) is 16.5. The van der Waals surface area contributed by atoms with Crippen LogP contribution in [0.2, 0.25) is 0 Å². The van der Waals surface area contributed by atoms with Gasteiger partial charge < -0.3 is 14.2 Å². The predicted octanol–water partition coefficient (Wildman–Crippen LogP) is 1.60. The molecule has 8 nitrogen and oxygen atoms in total. The summed E-state index contributed by atoms with van der Waals surface area (Å²) in [6, 6.07) is 7.00. The zero-order chi connectivity index (χ0) is 21.2. The molecule has 1 amide bonds. The number of halogens is 1. The van der Waals surface area contributed by atoms with E-state index in [9.17, 15) is 17.6 Å². The summed E-state index contributed by atoms with van der Waals surface area (Å²) >= 11 is 0. The Balaban J connectivity index is 1.73. The predicted molar refractivity (Wildman–Crippen MR) is 104 cm³/mol. The van der Waals surface area contributed by atoms with Crippen LogP contribution < -0.4 is 4.31 Å². The number of nitrogens with zero attached hydrogens (tertiary/aromatic N) is 3. The number of aryl methyl sites for hydroxylation is 1. The molecule has 3 rings (SSSR count). The number of ether oxygens (including phenoxy) is 1. The lowest BCUT2D eigenvalue weighted by atomic mass is 10.0. The smallest absolute Gasteiger partial charge is 0.243 e. The highest BCUT2D eigenvalue weighted by atomic mass is 32.2. The molecule has 0 saturated carbocycles. The van der Waals surface area contributed by atoms with Gasteiger partial charge in [-0.15, -0.1) is 0 Å². The Morgan fingerprint density at radius 3 is 2.72 bits per heavy atom. The topological polar surface area (TPSA) is 93.0 Å². The summed E-state index contributed by atoms with van der Waals surface area (Å²) in [5, 5.41) is 3.87. The second-order valence-electron chi connectivity index (χ2n) is 7.22. The molecule has 1 aromatic heterocycles. The van der Waals surface area contributed by atoms with Crippen LogP contribution in [0.4, 0.5) is 10.1 Å². The van der Waals surface area contributed by atoms with Crippen molar-refractivity contribution in [2.24, 2.45) is 5.92 Å². The van der Waals surface area contributed by atoms with Gasteiger partial charge >= 0.3 is 0 Å². The number of carbonyl (C=O) groups excluding carboxylic acids is 1. The van der Waals surface area contributed by atoms with Crippen molar-refractivity contribution in [1.29, 1.82) is 0 Å². The number of amides is 1. The van der Waals surface area contributed by atoms with Gasteiger partial charge in [-0.1, -0.05) is 11.2 Å². The number of sulfonamides is 1. The molecule has 29 heavy (non-hydrogen) atoms. The number of benzene rings is 1. The van der Waals surface area contributed by atoms with Crippen molar-refractivity contribution in [2.75, 3.05) is 37.3 Å². The minimum absolute atomic E-state index is 0.00264. The first-order valence-corrected chi connectivity index (χ1v) is 11.0. The summed E-state index contributed by atoms with van der Waals surface area (Å²) in [4.78, 5) is 14.4. The van der Waals surface area contributed by atoms with E-state index in [1.54, 1.807) is 12.0 Å². The summed E-state index contributed by atoms with van der Waals surface area (Å²) in [7, 11) is -2.20. The maximum absolute atomic E-state index is 13.6. The van der Waals surface area contributed by atoms with E-state index < -0.39 is 22.4 Å². The molecule has 1 fully saturated rings. The van der Waals surface area contributed by atoms with Crippen molar-refractivity contribution in [3.8, 4) is 0 Å². The molecule has 1 saturated heterocycles. The molecule has 0 N–H and O–H groups in total. The Morgan fingerprint density at radius 2 is 2.14 bits per heavy atom. The highest BCUT2D eigenvalue weighted by molar-refractivity contribution is 7.92. The number of anilines is 1. The van der Waals surface area contributed by atoms with Gasteiger partial charge in [0.05, 0.1) is 23.7 Å². The summed E-state index contributed by atoms with van der Waals surface area (Å²) in [5.74, 6) is -0.247. The van der Waals surface area contributed by atoms with Gasteiger partial charge in [-0.05, 0) is 25.1 Å².